The summed E-state index contributed by atoms with van der Waals surface area (Å²) in [4.78, 5) is 19.3. The van der Waals surface area contributed by atoms with E-state index in [1.807, 2.05) is 97.1 Å². The van der Waals surface area contributed by atoms with Crippen molar-refractivity contribution in [3.8, 4) is 79.4 Å². The molecular formula is C36H30N4O4. The van der Waals surface area contributed by atoms with E-state index in [-0.39, 0.29) is 0 Å². The van der Waals surface area contributed by atoms with E-state index < -0.39 is 0 Å². The second kappa shape index (κ2) is 12.6. The number of rotatable bonds is 9. The lowest BCUT2D eigenvalue weighted by atomic mass is 9.99. The third-order valence-electron chi connectivity index (χ3n) is 7.20. The molecule has 2 aromatic carbocycles. The minimum Gasteiger partial charge on any atom is -0.493 e. The minimum absolute atomic E-state index is 0.633. The van der Waals surface area contributed by atoms with Gasteiger partial charge in [-0.25, -0.2) is 9.97 Å². The minimum atomic E-state index is 0.633. The predicted octanol–water partition coefficient (Wildman–Crippen LogP) is 7.64. The molecular weight excluding hydrogens is 552 g/mol. The molecule has 0 atom stereocenters. The molecule has 0 saturated carbocycles. The number of pyridine rings is 4. The Morgan fingerprint density at radius 2 is 0.750 bits per heavy atom. The maximum Gasteiger partial charge on any atom is 0.161 e. The highest BCUT2D eigenvalue weighted by Gasteiger charge is 2.16. The summed E-state index contributed by atoms with van der Waals surface area (Å²) >= 11 is 0. The molecule has 8 nitrogen and oxygen atoms in total. The summed E-state index contributed by atoms with van der Waals surface area (Å²) in [5.41, 5.74) is 8.00. The Labute approximate surface area is 256 Å². The average Bonchev–Trinajstić information content (AvgIpc) is 3.11. The van der Waals surface area contributed by atoms with Crippen LogP contribution in [0.1, 0.15) is 0 Å². The van der Waals surface area contributed by atoms with E-state index in [4.69, 9.17) is 28.9 Å². The zero-order chi connectivity index (χ0) is 30.5. The van der Waals surface area contributed by atoms with E-state index in [0.29, 0.717) is 45.8 Å². The van der Waals surface area contributed by atoms with Crippen LogP contribution in [0.5, 0.6) is 23.0 Å². The Bertz CT molecular complexity index is 1770. The molecule has 0 bridgehead atoms. The van der Waals surface area contributed by atoms with Gasteiger partial charge in [0, 0.05) is 12.4 Å². The molecule has 0 aliphatic carbocycles. The summed E-state index contributed by atoms with van der Waals surface area (Å²) in [5, 5.41) is 0. The number of ether oxygens (including phenoxy) is 4. The first-order valence-corrected chi connectivity index (χ1v) is 13.9. The maximum atomic E-state index is 5.60. The lowest BCUT2D eigenvalue weighted by Gasteiger charge is -2.14. The van der Waals surface area contributed by atoms with Gasteiger partial charge in [-0.2, -0.15) is 0 Å². The van der Waals surface area contributed by atoms with Gasteiger partial charge in [-0.1, -0.05) is 24.3 Å². The second-order valence-electron chi connectivity index (χ2n) is 9.82. The number of aromatic nitrogens is 4. The molecule has 8 heteroatoms. The molecule has 0 aliphatic heterocycles. The van der Waals surface area contributed by atoms with Crippen molar-refractivity contribution in [2.45, 2.75) is 0 Å². The Hall–Kier alpha value is -5.76. The van der Waals surface area contributed by atoms with Crippen LogP contribution in [0.25, 0.3) is 56.4 Å². The number of methoxy groups -OCH3 is 4. The molecule has 0 fully saturated rings. The molecule has 0 spiro atoms. The van der Waals surface area contributed by atoms with Crippen LogP contribution in [-0.4, -0.2) is 48.4 Å². The molecule has 218 valence electrons. The van der Waals surface area contributed by atoms with Crippen molar-refractivity contribution in [1.82, 2.24) is 19.9 Å². The van der Waals surface area contributed by atoms with Crippen molar-refractivity contribution in [2.75, 3.05) is 28.4 Å². The van der Waals surface area contributed by atoms with Crippen LogP contribution in [0, 0.1) is 0 Å². The van der Waals surface area contributed by atoms with Crippen molar-refractivity contribution in [3.63, 3.8) is 0 Å². The topological polar surface area (TPSA) is 88.5 Å². The van der Waals surface area contributed by atoms with Crippen molar-refractivity contribution >= 4 is 0 Å². The molecule has 6 aromatic rings. The van der Waals surface area contributed by atoms with Crippen LogP contribution in [0.2, 0.25) is 0 Å². The molecule has 0 unspecified atom stereocenters. The van der Waals surface area contributed by atoms with Gasteiger partial charge in [0.1, 0.15) is 0 Å². The molecule has 44 heavy (non-hydrogen) atoms. The van der Waals surface area contributed by atoms with Crippen molar-refractivity contribution in [3.05, 3.63) is 109 Å². The van der Waals surface area contributed by atoms with Gasteiger partial charge in [0.15, 0.2) is 23.0 Å². The summed E-state index contributed by atoms with van der Waals surface area (Å²) in [6.07, 6.45) is 3.52. The van der Waals surface area contributed by atoms with Crippen molar-refractivity contribution in [2.24, 2.45) is 0 Å². The summed E-state index contributed by atoms with van der Waals surface area (Å²) < 4.78 is 22.2. The Morgan fingerprint density at radius 3 is 1.09 bits per heavy atom. The normalized spacial score (nSPS) is 10.7. The van der Waals surface area contributed by atoms with Crippen LogP contribution < -0.4 is 18.9 Å². The van der Waals surface area contributed by atoms with Crippen LogP contribution in [0.15, 0.2) is 109 Å². The largest absolute Gasteiger partial charge is 0.493 e. The second-order valence-corrected chi connectivity index (χ2v) is 9.82. The summed E-state index contributed by atoms with van der Waals surface area (Å²) in [7, 11) is 6.50. The Kier molecular flexibility index (Phi) is 8.14. The predicted molar refractivity (Wildman–Crippen MR) is 171 cm³/mol. The van der Waals surface area contributed by atoms with Crippen molar-refractivity contribution < 1.29 is 18.9 Å². The number of benzene rings is 2. The Balaban J connectivity index is 1.58. The zero-order valence-corrected chi connectivity index (χ0v) is 24.8. The standard InChI is InChI=1S/C36H30N4O4/c1-41-33-13-11-23(21-35(33)43-3)25-17-29(27-9-5-7-15-37-27)39-31(19-25)32-20-26(18-30(40-32)28-10-6-8-16-38-28)24-12-14-34(42-2)36(22-24)44-4/h5-22H,1-4H3. The van der Waals surface area contributed by atoms with Crippen LogP contribution >= 0.6 is 0 Å². The van der Waals surface area contributed by atoms with Crippen LogP contribution in [0.4, 0.5) is 0 Å². The maximum absolute atomic E-state index is 5.60. The van der Waals surface area contributed by atoms with Gasteiger partial charge < -0.3 is 18.9 Å². The monoisotopic (exact) mass is 582 g/mol. The third kappa shape index (κ3) is 5.78. The van der Waals surface area contributed by atoms with Crippen LogP contribution in [0.3, 0.4) is 0 Å². The molecule has 0 saturated heterocycles. The fourth-order valence-electron chi connectivity index (χ4n) is 4.98. The first-order valence-electron chi connectivity index (χ1n) is 13.9. The van der Waals surface area contributed by atoms with Gasteiger partial charge in [0.25, 0.3) is 0 Å². The number of nitrogens with zero attached hydrogens (tertiary/aromatic N) is 4. The average molecular weight is 583 g/mol. The van der Waals surface area contributed by atoms with Gasteiger partial charge in [-0.05, 0) is 95.1 Å². The lowest BCUT2D eigenvalue weighted by molar-refractivity contribution is 0.355. The van der Waals surface area contributed by atoms with E-state index in [1.54, 1.807) is 40.8 Å². The zero-order valence-electron chi connectivity index (χ0n) is 24.8. The number of hydrogen-bond acceptors (Lipinski definition) is 8. The van der Waals surface area contributed by atoms with E-state index in [9.17, 15) is 0 Å². The van der Waals surface area contributed by atoms with Gasteiger partial charge in [-0.15, -0.1) is 0 Å². The molecule has 0 amide bonds. The van der Waals surface area contributed by atoms with Gasteiger partial charge >= 0.3 is 0 Å². The van der Waals surface area contributed by atoms with E-state index in [0.717, 1.165) is 33.6 Å². The SMILES string of the molecule is COc1ccc(-c2cc(-c3ccccn3)nc(-c3cc(-c4ccc(OC)c(OC)c4)cc(-c4ccccn4)n3)c2)cc1OC. The smallest absolute Gasteiger partial charge is 0.161 e. The van der Waals surface area contributed by atoms with E-state index >= 15 is 0 Å². The molecule has 4 aromatic heterocycles. The van der Waals surface area contributed by atoms with E-state index in [2.05, 4.69) is 9.97 Å². The fourth-order valence-corrected chi connectivity index (χ4v) is 4.98. The van der Waals surface area contributed by atoms with E-state index in [1.165, 1.54) is 0 Å². The number of hydrogen-bond donors (Lipinski definition) is 0. The molecule has 4 heterocycles. The summed E-state index contributed by atoms with van der Waals surface area (Å²) in [6.45, 7) is 0. The molecule has 0 aliphatic rings. The fraction of sp³-hybridized carbons (Fsp3) is 0.111. The highest BCUT2D eigenvalue weighted by molar-refractivity contribution is 5.80. The van der Waals surface area contributed by atoms with Crippen molar-refractivity contribution in [1.29, 1.82) is 0 Å². The molecule has 6 rings (SSSR count). The van der Waals surface area contributed by atoms with Gasteiger partial charge in [-0.3, -0.25) is 9.97 Å². The van der Waals surface area contributed by atoms with Gasteiger partial charge in [0.2, 0.25) is 0 Å². The Morgan fingerprint density at radius 1 is 0.364 bits per heavy atom. The first kappa shape index (κ1) is 28.4. The lowest BCUT2D eigenvalue weighted by Crippen LogP contribution is -1.97. The summed E-state index contributed by atoms with van der Waals surface area (Å²) in [6, 6.07) is 31.3. The van der Waals surface area contributed by atoms with Crippen LogP contribution in [-0.2, 0) is 0 Å². The quantitative estimate of drug-likeness (QED) is 0.172. The van der Waals surface area contributed by atoms with Gasteiger partial charge in [0.05, 0.1) is 62.6 Å². The first-order chi connectivity index (χ1) is 21.6. The summed E-state index contributed by atoms with van der Waals surface area (Å²) in [5.74, 6) is 2.57. The third-order valence-corrected chi connectivity index (χ3v) is 7.20. The highest BCUT2D eigenvalue weighted by Crippen LogP contribution is 2.38. The molecule has 0 radical (unpaired) electrons. The molecule has 0 N–H and O–H groups in total. The highest BCUT2D eigenvalue weighted by atomic mass is 16.5.